The van der Waals surface area contributed by atoms with Gasteiger partial charge in [-0.2, -0.15) is 13.2 Å². The number of aryl methyl sites for hydroxylation is 1. The van der Waals surface area contributed by atoms with E-state index in [-0.39, 0.29) is 23.3 Å². The predicted molar refractivity (Wildman–Crippen MR) is 119 cm³/mol. The summed E-state index contributed by atoms with van der Waals surface area (Å²) in [6, 6.07) is 0. The van der Waals surface area contributed by atoms with Crippen LogP contribution >= 0.6 is 11.3 Å². The third kappa shape index (κ3) is 5.70. The van der Waals surface area contributed by atoms with Crippen molar-refractivity contribution in [1.29, 1.82) is 0 Å². The Morgan fingerprint density at radius 2 is 1.91 bits per heavy atom. The Morgan fingerprint density at radius 3 is 2.41 bits per heavy atom. The molecule has 2 N–H and O–H groups in total. The summed E-state index contributed by atoms with van der Waals surface area (Å²) in [7, 11) is 0. The normalized spacial score (nSPS) is 24.1. The number of halogens is 3. The average molecular weight is 505 g/mol. The smallest absolute Gasteiger partial charge is 0.475 e. The Balaban J connectivity index is 0.000000406. The lowest BCUT2D eigenvalue weighted by Crippen LogP contribution is -2.56. The number of fused-ring (bicyclic) bond motifs is 2. The molecule has 3 fully saturated rings. The van der Waals surface area contributed by atoms with Crippen LogP contribution in [0.25, 0.3) is 0 Å². The molecule has 1 aromatic rings. The molecule has 34 heavy (non-hydrogen) atoms. The molecule has 12 heteroatoms. The van der Waals surface area contributed by atoms with Crippen LogP contribution in [0.1, 0.15) is 48.5 Å². The summed E-state index contributed by atoms with van der Waals surface area (Å²) in [5, 5.41) is 10.5. The van der Waals surface area contributed by atoms with Crippen LogP contribution in [-0.2, 0) is 9.59 Å². The molecule has 3 aliphatic heterocycles. The Bertz CT molecular complexity index is 912. The van der Waals surface area contributed by atoms with Crippen molar-refractivity contribution in [3.63, 3.8) is 0 Å². The summed E-state index contributed by atoms with van der Waals surface area (Å²) in [5.41, 5.74) is 2.43. The van der Waals surface area contributed by atoms with Crippen LogP contribution in [-0.4, -0.2) is 82.1 Å². The molecule has 0 aromatic carbocycles. The molecule has 8 nitrogen and oxygen atoms in total. The van der Waals surface area contributed by atoms with Crippen molar-refractivity contribution in [2.75, 3.05) is 32.7 Å². The monoisotopic (exact) mass is 504 g/mol. The number of carboxylic acid groups (broad SMARTS) is 1. The second kappa shape index (κ2) is 10.2. The van der Waals surface area contributed by atoms with Crippen LogP contribution in [0.5, 0.6) is 0 Å². The van der Waals surface area contributed by atoms with E-state index < -0.39 is 12.1 Å². The van der Waals surface area contributed by atoms with Gasteiger partial charge in [0.1, 0.15) is 4.88 Å². The first kappa shape index (κ1) is 26.4. The zero-order valence-electron chi connectivity index (χ0n) is 19.5. The highest BCUT2D eigenvalue weighted by Gasteiger charge is 2.57. The molecule has 190 valence electrons. The van der Waals surface area contributed by atoms with Gasteiger partial charge in [0.2, 0.25) is 5.91 Å². The highest BCUT2D eigenvalue weighted by Crippen LogP contribution is 2.44. The van der Waals surface area contributed by atoms with E-state index in [2.05, 4.69) is 29.0 Å². The maximum atomic E-state index is 12.8. The molecule has 0 unspecified atom stereocenters. The molecular formula is C22H31F3N4O4S. The molecule has 0 bridgehead atoms. The van der Waals surface area contributed by atoms with Crippen LogP contribution in [0, 0.1) is 24.7 Å². The SMILES string of the molecule is Cc1ncsc1C(=O)N1CCC2(CC1)NC(=O)[C@@H]1CN(CCC(C)C)C[C@@H]12.O=C(O)C(F)(F)F. The van der Waals surface area contributed by atoms with E-state index in [1.165, 1.54) is 17.8 Å². The minimum atomic E-state index is -5.08. The van der Waals surface area contributed by atoms with E-state index in [0.717, 1.165) is 43.0 Å². The van der Waals surface area contributed by atoms with Gasteiger partial charge < -0.3 is 20.2 Å². The number of carbonyl (C=O) groups is 3. The van der Waals surface area contributed by atoms with Gasteiger partial charge in [0.15, 0.2) is 0 Å². The fourth-order valence-corrected chi connectivity index (χ4v) is 5.79. The number of nitrogens with one attached hydrogen (secondary N) is 1. The van der Waals surface area contributed by atoms with Gasteiger partial charge in [-0.05, 0) is 38.6 Å². The number of alkyl halides is 3. The number of hydrogen-bond donors (Lipinski definition) is 2. The Morgan fingerprint density at radius 1 is 1.29 bits per heavy atom. The van der Waals surface area contributed by atoms with E-state index in [1.54, 1.807) is 5.51 Å². The summed E-state index contributed by atoms with van der Waals surface area (Å²) >= 11 is 1.42. The quantitative estimate of drug-likeness (QED) is 0.654. The van der Waals surface area contributed by atoms with Crippen LogP contribution in [0.4, 0.5) is 13.2 Å². The molecule has 4 rings (SSSR count). The second-order valence-corrected chi connectivity index (χ2v) is 10.5. The first-order chi connectivity index (χ1) is 15.8. The number of amides is 2. The van der Waals surface area contributed by atoms with Gasteiger partial charge in [-0.3, -0.25) is 9.59 Å². The van der Waals surface area contributed by atoms with Crippen molar-refractivity contribution in [3.05, 3.63) is 16.1 Å². The molecule has 1 spiro atoms. The number of carboxylic acids is 1. The zero-order valence-corrected chi connectivity index (χ0v) is 20.3. The molecule has 0 saturated carbocycles. The van der Waals surface area contributed by atoms with Gasteiger partial charge >= 0.3 is 12.1 Å². The predicted octanol–water partition coefficient (Wildman–Crippen LogP) is 2.78. The Labute approximate surface area is 200 Å². The fourth-order valence-electron chi connectivity index (χ4n) is 5.02. The zero-order chi connectivity index (χ0) is 25.3. The van der Waals surface area contributed by atoms with Gasteiger partial charge in [0.25, 0.3) is 5.91 Å². The molecule has 0 radical (unpaired) electrons. The summed E-state index contributed by atoms with van der Waals surface area (Å²) in [4.78, 5) is 43.7. The van der Waals surface area contributed by atoms with E-state index in [4.69, 9.17) is 9.90 Å². The molecule has 3 saturated heterocycles. The molecule has 2 amide bonds. The number of likely N-dealkylation sites (tertiary alicyclic amines) is 2. The minimum Gasteiger partial charge on any atom is -0.475 e. The first-order valence-electron chi connectivity index (χ1n) is 11.4. The lowest BCUT2D eigenvalue weighted by molar-refractivity contribution is -0.192. The van der Waals surface area contributed by atoms with Crippen LogP contribution < -0.4 is 5.32 Å². The lowest BCUT2D eigenvalue weighted by Gasteiger charge is -2.42. The van der Waals surface area contributed by atoms with Crippen molar-refractivity contribution >= 4 is 29.1 Å². The van der Waals surface area contributed by atoms with Crippen molar-refractivity contribution < 1.29 is 32.7 Å². The summed E-state index contributed by atoms with van der Waals surface area (Å²) in [6.07, 6.45) is -2.17. The largest absolute Gasteiger partial charge is 0.490 e. The van der Waals surface area contributed by atoms with E-state index >= 15 is 0 Å². The fraction of sp³-hybridized carbons (Fsp3) is 0.727. The van der Waals surface area contributed by atoms with Crippen LogP contribution in [0.2, 0.25) is 0 Å². The van der Waals surface area contributed by atoms with E-state index in [0.29, 0.717) is 24.9 Å². The average Bonchev–Trinajstić information content (AvgIpc) is 3.43. The topological polar surface area (TPSA) is 103 Å². The standard InChI is InChI=1S/C20H30N4O2S.C2HF3O2/c1-13(2)4-7-23-10-15-16(11-23)20(22-18(15)25)5-8-24(9-6-20)19(26)17-14(3)21-12-27-17;3-2(4,5)1(6)7/h12-13,15-16H,4-11H2,1-3H3,(H,22,25);(H,6,7)/t15-,16+;/m1./s1. The molecule has 3 aliphatic rings. The van der Waals surface area contributed by atoms with Gasteiger partial charge in [0, 0.05) is 37.6 Å². The highest BCUT2D eigenvalue weighted by molar-refractivity contribution is 7.11. The summed E-state index contributed by atoms with van der Waals surface area (Å²) in [6.45, 7) is 10.8. The van der Waals surface area contributed by atoms with Crippen LogP contribution in [0.3, 0.4) is 0 Å². The number of carbonyl (C=O) groups excluding carboxylic acids is 2. The number of nitrogens with zero attached hydrogens (tertiary/aromatic N) is 3. The number of hydrogen-bond acceptors (Lipinski definition) is 6. The Hall–Kier alpha value is -2.21. The molecule has 4 heterocycles. The van der Waals surface area contributed by atoms with Gasteiger partial charge in [-0.1, -0.05) is 13.8 Å². The number of aromatic nitrogens is 1. The van der Waals surface area contributed by atoms with Crippen molar-refractivity contribution in [1.82, 2.24) is 20.1 Å². The van der Waals surface area contributed by atoms with Gasteiger partial charge in [0.05, 0.1) is 17.1 Å². The maximum Gasteiger partial charge on any atom is 0.490 e. The molecular weight excluding hydrogens is 473 g/mol. The van der Waals surface area contributed by atoms with Crippen molar-refractivity contribution in [2.24, 2.45) is 17.8 Å². The number of rotatable bonds is 4. The van der Waals surface area contributed by atoms with Gasteiger partial charge in [-0.15, -0.1) is 11.3 Å². The summed E-state index contributed by atoms with van der Waals surface area (Å²) in [5.74, 6) is -1.23. The molecule has 2 atom stereocenters. The maximum absolute atomic E-state index is 12.8. The third-order valence-electron chi connectivity index (χ3n) is 6.96. The van der Waals surface area contributed by atoms with Crippen LogP contribution in [0.15, 0.2) is 5.51 Å². The number of aliphatic carboxylic acids is 1. The second-order valence-electron chi connectivity index (χ2n) is 9.66. The number of piperidine rings is 1. The molecule has 1 aromatic heterocycles. The molecule has 0 aliphatic carbocycles. The Kier molecular flexibility index (Phi) is 7.91. The van der Waals surface area contributed by atoms with E-state index in [9.17, 15) is 22.8 Å². The highest BCUT2D eigenvalue weighted by atomic mass is 32.1. The summed E-state index contributed by atoms with van der Waals surface area (Å²) < 4.78 is 31.7. The van der Waals surface area contributed by atoms with Crippen molar-refractivity contribution in [2.45, 2.75) is 51.7 Å². The minimum absolute atomic E-state index is 0.0932. The lowest BCUT2D eigenvalue weighted by atomic mass is 9.75. The number of thiazole rings is 1. The first-order valence-corrected chi connectivity index (χ1v) is 12.3. The van der Waals surface area contributed by atoms with Crippen molar-refractivity contribution in [3.8, 4) is 0 Å². The third-order valence-corrected chi connectivity index (χ3v) is 7.88. The van der Waals surface area contributed by atoms with E-state index in [1.807, 2.05) is 11.8 Å². The van der Waals surface area contributed by atoms with Gasteiger partial charge in [-0.25, -0.2) is 9.78 Å².